The van der Waals surface area contributed by atoms with E-state index in [4.69, 9.17) is 10.4 Å². The second kappa shape index (κ2) is 6.74. The third-order valence-electron chi connectivity index (χ3n) is 2.42. The highest BCUT2D eigenvalue weighted by atomic mass is 19.4. The Morgan fingerprint density at radius 3 is 2.45 bits per heavy atom. The van der Waals surface area contributed by atoms with Crippen molar-refractivity contribution >= 4 is 17.9 Å². The van der Waals surface area contributed by atoms with Crippen molar-refractivity contribution in [1.29, 1.82) is 0 Å². The molecule has 0 radical (unpaired) electrons. The van der Waals surface area contributed by atoms with Gasteiger partial charge in [0.15, 0.2) is 0 Å². The predicted molar refractivity (Wildman–Crippen MR) is 70.5 cm³/mol. The van der Waals surface area contributed by atoms with Gasteiger partial charge in [0, 0.05) is 11.1 Å². The van der Waals surface area contributed by atoms with Crippen molar-refractivity contribution in [1.82, 2.24) is 0 Å². The molecule has 0 spiro atoms. The maximum absolute atomic E-state index is 13.0. The van der Waals surface area contributed by atoms with Gasteiger partial charge in [0.2, 0.25) is 0 Å². The lowest BCUT2D eigenvalue weighted by Gasteiger charge is -2.14. The van der Waals surface area contributed by atoms with Crippen molar-refractivity contribution in [3.63, 3.8) is 0 Å². The van der Waals surface area contributed by atoms with E-state index < -0.39 is 29.2 Å². The molecule has 0 aliphatic heterocycles. The van der Waals surface area contributed by atoms with Gasteiger partial charge in [0.05, 0.1) is 11.8 Å². The molecule has 0 heterocycles. The molecule has 2 N–H and O–H groups in total. The molecule has 1 rings (SSSR count). The molecule has 0 saturated carbocycles. The van der Waals surface area contributed by atoms with Crippen LogP contribution in [0.3, 0.4) is 0 Å². The van der Waals surface area contributed by atoms with Crippen LogP contribution >= 0.6 is 0 Å². The lowest BCUT2D eigenvalue weighted by atomic mass is 10.1. The van der Waals surface area contributed by atoms with E-state index in [0.717, 1.165) is 12.1 Å². The van der Waals surface area contributed by atoms with Crippen LogP contribution in [0.2, 0.25) is 0 Å². The minimum absolute atomic E-state index is 0.0674. The zero-order chi connectivity index (χ0) is 16.9. The van der Waals surface area contributed by atoms with Crippen LogP contribution in [0, 0.1) is 0 Å². The summed E-state index contributed by atoms with van der Waals surface area (Å²) in [6, 6.07) is 2.58. The van der Waals surface area contributed by atoms with Crippen LogP contribution in [0.5, 0.6) is 5.75 Å². The van der Waals surface area contributed by atoms with Gasteiger partial charge in [0.1, 0.15) is 11.5 Å². The van der Waals surface area contributed by atoms with Crippen LogP contribution in [-0.4, -0.2) is 28.3 Å². The van der Waals surface area contributed by atoms with Crippen molar-refractivity contribution in [3.8, 4) is 5.75 Å². The first kappa shape index (κ1) is 17.2. The highest BCUT2D eigenvalue weighted by molar-refractivity contribution is 6.37. The Morgan fingerprint density at radius 1 is 1.36 bits per heavy atom. The van der Waals surface area contributed by atoms with Gasteiger partial charge in [-0.15, -0.1) is 0 Å². The Labute approximate surface area is 122 Å². The monoisotopic (exact) mass is 316 g/mol. The summed E-state index contributed by atoms with van der Waals surface area (Å²) >= 11 is 0. The lowest BCUT2D eigenvalue weighted by Crippen LogP contribution is -2.15. The molecule has 6 nitrogen and oxygen atoms in total. The Kier molecular flexibility index (Phi) is 5.28. The maximum Gasteiger partial charge on any atom is 0.420 e. The topological polar surface area (TPSA) is 91.5 Å². The number of hydrogen-bond acceptors (Lipinski definition) is 6. The van der Waals surface area contributed by atoms with Gasteiger partial charge in [-0.3, -0.25) is 0 Å². The summed E-state index contributed by atoms with van der Waals surface area (Å²) in [5.74, 6) is -1.73. The largest absolute Gasteiger partial charge is 0.423 e. The molecule has 0 unspecified atom stereocenters. The number of carbonyl (C=O) groups excluding carboxylic acids is 1. The van der Waals surface area contributed by atoms with Gasteiger partial charge < -0.3 is 15.2 Å². The Balaban J connectivity index is 3.37. The molecule has 0 amide bonds. The summed E-state index contributed by atoms with van der Waals surface area (Å²) in [5, 5.41) is 22.4. The summed E-state index contributed by atoms with van der Waals surface area (Å²) in [6.45, 7) is 4.56. The van der Waals surface area contributed by atoms with E-state index in [0.29, 0.717) is 12.3 Å². The van der Waals surface area contributed by atoms with Crippen LogP contribution in [0.15, 0.2) is 40.7 Å². The number of nitrogens with zero attached hydrogens (tertiary/aromatic N) is 2. The average molecular weight is 316 g/mol. The van der Waals surface area contributed by atoms with E-state index in [1.807, 2.05) is 0 Å². The van der Waals surface area contributed by atoms with Crippen molar-refractivity contribution in [2.75, 3.05) is 0 Å². The molecular formula is C13H11F3N2O4. The van der Waals surface area contributed by atoms with Crippen molar-refractivity contribution < 1.29 is 33.1 Å². The van der Waals surface area contributed by atoms with Gasteiger partial charge in [-0.2, -0.15) is 13.2 Å². The van der Waals surface area contributed by atoms with E-state index in [1.54, 1.807) is 0 Å². The van der Waals surface area contributed by atoms with Crippen molar-refractivity contribution in [2.45, 2.75) is 13.1 Å². The van der Waals surface area contributed by atoms with Gasteiger partial charge in [0.25, 0.3) is 0 Å². The number of carbonyl (C=O) groups is 1. The molecule has 0 aliphatic rings. The van der Waals surface area contributed by atoms with Crippen LogP contribution in [-0.2, 0) is 11.0 Å². The van der Waals surface area contributed by atoms with E-state index in [9.17, 15) is 18.0 Å². The minimum atomic E-state index is -4.82. The van der Waals surface area contributed by atoms with Crippen molar-refractivity contribution in [2.24, 2.45) is 10.3 Å². The lowest BCUT2D eigenvalue weighted by molar-refractivity contribution is -0.141. The number of esters is 1. The molecule has 22 heavy (non-hydrogen) atoms. The Bertz CT molecular complexity index is 651. The standard InChI is InChI=1S/C13H11F3N2O4/c1-7(2)12(19)22-11-4-3-8(10(18-21)6-17-20)5-9(11)13(14,15)16/h3-6,20-21H,1H2,2H3. The number of ether oxygens (including phenoxy) is 1. The maximum atomic E-state index is 13.0. The molecule has 118 valence electrons. The molecule has 0 saturated heterocycles. The first-order chi connectivity index (χ1) is 10.2. The molecule has 9 heteroatoms. The third kappa shape index (κ3) is 4.08. The summed E-state index contributed by atoms with van der Waals surface area (Å²) in [7, 11) is 0. The fraction of sp³-hybridized carbons (Fsp3) is 0.154. The predicted octanol–water partition coefficient (Wildman–Crippen LogP) is 2.83. The molecule has 0 aromatic heterocycles. The van der Waals surface area contributed by atoms with Crippen molar-refractivity contribution in [3.05, 3.63) is 41.5 Å². The Hall–Kier alpha value is -2.84. The highest BCUT2D eigenvalue weighted by Gasteiger charge is 2.35. The first-order valence-corrected chi connectivity index (χ1v) is 5.69. The van der Waals surface area contributed by atoms with Crippen LogP contribution in [0.25, 0.3) is 0 Å². The fourth-order valence-electron chi connectivity index (χ4n) is 1.40. The number of hydrogen-bond donors (Lipinski definition) is 2. The molecule has 1 aromatic rings. The zero-order valence-corrected chi connectivity index (χ0v) is 11.3. The number of benzene rings is 1. The molecule has 0 bridgehead atoms. The summed E-state index contributed by atoms with van der Waals surface area (Å²) in [6.07, 6.45) is -4.17. The molecule has 0 atom stereocenters. The summed E-state index contributed by atoms with van der Waals surface area (Å²) in [4.78, 5) is 11.4. The average Bonchev–Trinajstić information content (AvgIpc) is 2.44. The summed E-state index contributed by atoms with van der Waals surface area (Å²) < 4.78 is 43.7. The van der Waals surface area contributed by atoms with E-state index >= 15 is 0 Å². The molecule has 1 aromatic carbocycles. The van der Waals surface area contributed by atoms with E-state index in [1.165, 1.54) is 6.92 Å². The minimum Gasteiger partial charge on any atom is -0.423 e. The van der Waals surface area contributed by atoms with Gasteiger partial charge in [-0.05, 0) is 25.1 Å². The van der Waals surface area contributed by atoms with E-state index in [2.05, 4.69) is 21.6 Å². The highest BCUT2D eigenvalue weighted by Crippen LogP contribution is 2.37. The SMILES string of the molecule is C=C(C)C(=O)Oc1ccc(C(C=NO)=NO)cc1C(F)(F)F. The van der Waals surface area contributed by atoms with Crippen LogP contribution in [0.1, 0.15) is 18.1 Å². The van der Waals surface area contributed by atoms with Crippen LogP contribution in [0.4, 0.5) is 13.2 Å². The van der Waals surface area contributed by atoms with Gasteiger partial charge in [-0.25, -0.2) is 4.79 Å². The fourth-order valence-corrected chi connectivity index (χ4v) is 1.40. The normalized spacial score (nSPS) is 12.5. The number of halogens is 3. The first-order valence-electron chi connectivity index (χ1n) is 5.69. The zero-order valence-electron chi connectivity index (χ0n) is 11.3. The van der Waals surface area contributed by atoms with E-state index in [-0.39, 0.29) is 11.1 Å². The molecular weight excluding hydrogens is 305 g/mol. The quantitative estimate of drug-likeness (QED) is 0.223. The number of alkyl halides is 3. The molecule has 0 fully saturated rings. The second-order valence-electron chi connectivity index (χ2n) is 4.11. The second-order valence-corrected chi connectivity index (χ2v) is 4.11. The Morgan fingerprint density at radius 2 is 2.00 bits per heavy atom. The van der Waals surface area contributed by atoms with Gasteiger partial charge in [-0.1, -0.05) is 16.9 Å². The third-order valence-corrected chi connectivity index (χ3v) is 2.42. The molecule has 0 aliphatic carbocycles. The van der Waals surface area contributed by atoms with Crippen LogP contribution < -0.4 is 4.74 Å². The number of rotatable bonds is 4. The van der Waals surface area contributed by atoms with Gasteiger partial charge >= 0.3 is 12.1 Å². The smallest absolute Gasteiger partial charge is 0.420 e. The summed E-state index contributed by atoms with van der Waals surface area (Å²) in [5.41, 5.74) is -1.93. The number of oxime groups is 2.